The average Bonchev–Trinajstić information content (AvgIpc) is 3.72. The van der Waals surface area contributed by atoms with E-state index in [0.717, 1.165) is 35.1 Å². The van der Waals surface area contributed by atoms with Gasteiger partial charge in [-0.3, -0.25) is 9.69 Å². The van der Waals surface area contributed by atoms with Gasteiger partial charge in [0, 0.05) is 60.4 Å². The van der Waals surface area contributed by atoms with Crippen LogP contribution in [-0.4, -0.2) is 105 Å². The summed E-state index contributed by atoms with van der Waals surface area (Å²) in [7, 11) is 5.08. The maximum absolute atomic E-state index is 14.4. The third-order valence-corrected chi connectivity index (χ3v) is 12.8. The van der Waals surface area contributed by atoms with E-state index in [1.165, 1.54) is 14.0 Å². The van der Waals surface area contributed by atoms with Crippen LogP contribution in [-0.2, 0) is 27.2 Å². The molecule has 1 aliphatic carbocycles. The molecule has 334 valence electrons. The molecule has 7 rings (SSSR count). The highest BCUT2D eigenvalue weighted by Crippen LogP contribution is 2.52. The zero-order chi connectivity index (χ0) is 44.1. The average molecular weight is 866 g/mol. The number of thioether (sulfide) groups is 1. The molecule has 15 heteroatoms. The first-order chi connectivity index (χ1) is 29.4. The van der Waals surface area contributed by atoms with Crippen LogP contribution in [0.25, 0.3) is 0 Å². The van der Waals surface area contributed by atoms with Gasteiger partial charge in [-0.15, -0.1) is 0 Å². The summed E-state index contributed by atoms with van der Waals surface area (Å²) in [4.78, 5) is 29.3. The van der Waals surface area contributed by atoms with Crippen molar-refractivity contribution >= 4 is 23.7 Å². The number of esters is 2. The zero-order valence-electron chi connectivity index (χ0n) is 37.2. The number of hydrogen-bond donors (Lipinski definition) is 4. The van der Waals surface area contributed by atoms with Gasteiger partial charge in [-0.1, -0.05) is 19.9 Å². The number of phenolic OH excluding ortho intramolecular Hbond substituents is 1. The Morgan fingerprint density at radius 1 is 1.00 bits per heavy atom. The number of benzene rings is 3. The molecule has 14 nitrogen and oxygen atoms in total. The fourth-order valence-corrected chi connectivity index (χ4v) is 10.1. The fraction of sp³-hybridized carbons (Fsp3) is 0.565. The molecule has 61 heavy (non-hydrogen) atoms. The third-order valence-electron chi connectivity index (χ3n) is 12.1. The van der Waals surface area contributed by atoms with Crippen LogP contribution in [0.5, 0.6) is 40.2 Å². The van der Waals surface area contributed by atoms with E-state index in [9.17, 15) is 19.8 Å². The van der Waals surface area contributed by atoms with Crippen LogP contribution in [0.2, 0.25) is 0 Å². The molecule has 3 aromatic rings. The van der Waals surface area contributed by atoms with Crippen molar-refractivity contribution in [2.24, 2.45) is 0 Å². The lowest BCUT2D eigenvalue weighted by atomic mass is 9.85. The number of likely N-dealkylation sites (N-methyl/N-ethyl adjacent to an activating group) is 1. The van der Waals surface area contributed by atoms with Crippen molar-refractivity contribution in [3.63, 3.8) is 0 Å². The number of nitrogens with zero attached hydrogens (tertiary/aromatic N) is 1. The number of nitrogens with one attached hydrogen (secondary N) is 2. The Morgan fingerprint density at radius 2 is 1.74 bits per heavy atom. The summed E-state index contributed by atoms with van der Waals surface area (Å²) in [6.45, 7) is 12.2. The van der Waals surface area contributed by atoms with Gasteiger partial charge in [0.2, 0.25) is 6.79 Å². The Kier molecular flexibility index (Phi) is 15.3. The number of carbonyl (C=O) groups excluding carboxylic acids is 2. The standard InChI is InChI=1S/C44H57N3O11S.C2H6/c1-22-14-27-10-9-13-47(32(20-59-8)38(45-5)36(27)43(39(22)53-7)58-29-16-28(49)17-29)31(35-23(2)40(57-25(4)48)24(3)41-42(35)56-21-55-41)19-54-44(51)37-30-18-34(52-6)33(50)15-26(30)11-12-46-37;1-2/h14-15,18,28-29,31-32,37-38,45-46,49-50H,9-13,16-17,19-21H2,1-8H3;1-2H3/t28?,29?,31?,32?,37?,38-;/m0./s1. The molecule has 1 saturated carbocycles. The lowest BCUT2D eigenvalue weighted by Crippen LogP contribution is -2.50. The molecule has 4 aliphatic rings. The maximum Gasteiger partial charge on any atom is 0.327 e. The number of hydrogen-bond acceptors (Lipinski definition) is 15. The molecule has 0 radical (unpaired) electrons. The quantitative estimate of drug-likeness (QED) is 0.111. The van der Waals surface area contributed by atoms with Gasteiger partial charge in [-0.05, 0) is 94.3 Å². The van der Waals surface area contributed by atoms with Gasteiger partial charge in [0.15, 0.2) is 34.5 Å². The highest BCUT2D eigenvalue weighted by molar-refractivity contribution is 7.98. The van der Waals surface area contributed by atoms with Crippen molar-refractivity contribution in [3.05, 3.63) is 62.7 Å². The zero-order valence-corrected chi connectivity index (χ0v) is 38.0. The van der Waals surface area contributed by atoms with Crippen molar-refractivity contribution in [1.29, 1.82) is 0 Å². The van der Waals surface area contributed by atoms with Crippen LogP contribution < -0.4 is 39.1 Å². The van der Waals surface area contributed by atoms with Gasteiger partial charge in [0.05, 0.1) is 32.4 Å². The van der Waals surface area contributed by atoms with E-state index in [0.29, 0.717) is 89.1 Å². The molecule has 0 amide bonds. The van der Waals surface area contributed by atoms with Crippen LogP contribution in [0.15, 0.2) is 18.2 Å². The molecule has 3 unspecified atom stereocenters. The molecule has 0 aromatic heterocycles. The van der Waals surface area contributed by atoms with Crippen LogP contribution in [0.3, 0.4) is 0 Å². The van der Waals surface area contributed by atoms with Gasteiger partial charge >= 0.3 is 11.9 Å². The number of phenols is 1. The first-order valence-electron chi connectivity index (χ1n) is 21.3. The highest BCUT2D eigenvalue weighted by Gasteiger charge is 2.43. The molecule has 1 fully saturated rings. The van der Waals surface area contributed by atoms with Crippen molar-refractivity contribution in [1.82, 2.24) is 15.5 Å². The summed E-state index contributed by atoms with van der Waals surface area (Å²) in [6, 6.07) is 3.63. The van der Waals surface area contributed by atoms with Crippen molar-refractivity contribution in [2.45, 2.75) is 110 Å². The van der Waals surface area contributed by atoms with Crippen molar-refractivity contribution in [3.8, 4) is 40.2 Å². The van der Waals surface area contributed by atoms with Gasteiger partial charge < -0.3 is 54.0 Å². The number of rotatable bonds is 13. The topological polar surface area (TPSA) is 167 Å². The van der Waals surface area contributed by atoms with Crippen LogP contribution in [0.4, 0.5) is 0 Å². The number of aliphatic hydroxyl groups excluding tert-OH is 1. The van der Waals surface area contributed by atoms with E-state index < -0.39 is 30.1 Å². The molecule has 0 spiro atoms. The van der Waals surface area contributed by atoms with Crippen LogP contribution in [0.1, 0.15) is 103 Å². The summed E-state index contributed by atoms with van der Waals surface area (Å²) in [6.07, 6.45) is 4.74. The molecule has 3 aliphatic heterocycles. The number of fused-ring (bicyclic) bond motifs is 3. The summed E-state index contributed by atoms with van der Waals surface area (Å²) in [5.41, 5.74) is 6.70. The van der Waals surface area contributed by atoms with Crippen LogP contribution in [0, 0.1) is 20.8 Å². The number of aliphatic hydroxyl groups is 1. The molecule has 0 bridgehead atoms. The number of aromatic hydroxyl groups is 1. The minimum absolute atomic E-state index is 0.0130. The first kappa shape index (κ1) is 46.1. The largest absolute Gasteiger partial charge is 0.504 e. The van der Waals surface area contributed by atoms with Crippen molar-refractivity contribution in [2.75, 3.05) is 59.8 Å². The predicted octanol–water partition coefficient (Wildman–Crippen LogP) is 6.33. The lowest BCUT2D eigenvalue weighted by Gasteiger charge is -2.45. The van der Waals surface area contributed by atoms with E-state index in [-0.39, 0.29) is 43.1 Å². The van der Waals surface area contributed by atoms with E-state index in [1.807, 2.05) is 41.7 Å². The smallest absolute Gasteiger partial charge is 0.327 e. The molecular formula is C46H63N3O11S. The Balaban J connectivity index is 0.00000307. The van der Waals surface area contributed by atoms with E-state index in [1.54, 1.807) is 31.0 Å². The minimum Gasteiger partial charge on any atom is -0.504 e. The number of aryl methyl sites for hydroxylation is 2. The van der Waals surface area contributed by atoms with Crippen LogP contribution >= 0.6 is 11.8 Å². The number of methoxy groups -OCH3 is 2. The van der Waals surface area contributed by atoms with Gasteiger partial charge in [-0.25, -0.2) is 4.79 Å². The summed E-state index contributed by atoms with van der Waals surface area (Å²) in [5, 5.41) is 27.7. The van der Waals surface area contributed by atoms with Gasteiger partial charge in [0.25, 0.3) is 0 Å². The molecular weight excluding hydrogens is 803 g/mol. The normalized spacial score (nSPS) is 22.2. The second kappa shape index (κ2) is 20.2. The van der Waals surface area contributed by atoms with Gasteiger partial charge in [0.1, 0.15) is 24.5 Å². The second-order valence-electron chi connectivity index (χ2n) is 15.8. The Bertz CT molecular complexity index is 2070. The highest BCUT2D eigenvalue weighted by atomic mass is 32.2. The molecule has 3 aromatic carbocycles. The predicted molar refractivity (Wildman–Crippen MR) is 234 cm³/mol. The minimum atomic E-state index is -0.804. The molecule has 4 N–H and O–H groups in total. The Labute approximate surface area is 363 Å². The monoisotopic (exact) mass is 865 g/mol. The third kappa shape index (κ3) is 9.22. The first-order valence-corrected chi connectivity index (χ1v) is 22.7. The van der Waals surface area contributed by atoms with E-state index in [2.05, 4.69) is 27.9 Å². The van der Waals surface area contributed by atoms with Crippen molar-refractivity contribution < 1.29 is 53.0 Å². The summed E-state index contributed by atoms with van der Waals surface area (Å²) < 4.78 is 42.8. The Hall–Kier alpha value is -4.41. The summed E-state index contributed by atoms with van der Waals surface area (Å²) in [5.74, 6) is 2.74. The summed E-state index contributed by atoms with van der Waals surface area (Å²) >= 11 is 1.71. The molecule has 4 atom stereocenters. The molecule has 3 heterocycles. The lowest BCUT2D eigenvalue weighted by molar-refractivity contribution is -0.149. The maximum atomic E-state index is 14.4. The fourth-order valence-electron chi connectivity index (χ4n) is 9.33. The number of carbonyl (C=O) groups is 2. The van der Waals surface area contributed by atoms with E-state index >= 15 is 0 Å². The van der Waals surface area contributed by atoms with E-state index in [4.69, 9.17) is 33.2 Å². The second-order valence-corrected chi connectivity index (χ2v) is 16.7. The SMILES string of the molecule is CC.CN[C@@H]1c2c(cc(C)c(OC)c2OC2CC(O)C2)CCCN(C(COC(=O)C2NCCc3cc(O)c(OC)cc32)c2c(C)c(OC(C)=O)c(C)c3c2OCO3)C1CSC. The number of ether oxygens (including phenoxy) is 7. The molecule has 0 saturated heterocycles. The van der Waals surface area contributed by atoms with Gasteiger partial charge in [-0.2, -0.15) is 11.8 Å². The Morgan fingerprint density at radius 3 is 2.39 bits per heavy atom.